The van der Waals surface area contributed by atoms with Crippen molar-refractivity contribution in [3.8, 4) is 0 Å². The number of rotatable bonds is 13. The topological polar surface area (TPSA) is 122 Å². The molecule has 0 heterocycles. The summed E-state index contributed by atoms with van der Waals surface area (Å²) in [7, 11) is 3.72. The first-order valence-electron chi connectivity index (χ1n) is 7.42. The largest absolute Gasteiger partial charge is 0.481 e. The number of hydrogen-bond donors (Lipinski definition) is 3. The van der Waals surface area contributed by atoms with E-state index < -0.39 is 23.9 Å². The lowest BCUT2D eigenvalue weighted by molar-refractivity contribution is -0.143. The first kappa shape index (κ1) is 21.3. The molecule has 0 aromatic heterocycles. The molecule has 9 nitrogen and oxygen atoms in total. The Morgan fingerprint density at radius 3 is 1.87 bits per heavy atom. The highest BCUT2D eigenvalue weighted by Crippen LogP contribution is 2.08. The van der Waals surface area contributed by atoms with Crippen LogP contribution in [0.4, 0.5) is 0 Å². The number of aliphatic carboxylic acids is 3. The fourth-order valence-corrected chi connectivity index (χ4v) is 2.25. The van der Waals surface area contributed by atoms with Gasteiger partial charge in [-0.3, -0.25) is 24.2 Å². The molecule has 0 aromatic carbocycles. The molecule has 23 heavy (non-hydrogen) atoms. The lowest BCUT2D eigenvalue weighted by atomic mass is 10.1. The zero-order chi connectivity index (χ0) is 18.0. The molecule has 0 aliphatic heterocycles. The van der Waals surface area contributed by atoms with Crippen LogP contribution >= 0.6 is 0 Å². The van der Waals surface area contributed by atoms with Crippen molar-refractivity contribution in [2.45, 2.75) is 19.4 Å². The maximum absolute atomic E-state index is 11.1. The number of carboxylic acid groups (broad SMARTS) is 3. The normalized spacial score (nSPS) is 12.8. The van der Waals surface area contributed by atoms with Gasteiger partial charge >= 0.3 is 17.9 Å². The Kier molecular flexibility index (Phi) is 10.1. The molecule has 0 rings (SSSR count). The molecular weight excluding hydrogens is 306 g/mol. The minimum Gasteiger partial charge on any atom is -0.481 e. The van der Waals surface area contributed by atoms with Crippen LogP contribution in [0.15, 0.2) is 0 Å². The zero-order valence-electron chi connectivity index (χ0n) is 13.9. The molecule has 3 N–H and O–H groups in total. The predicted molar refractivity (Wildman–Crippen MR) is 83.6 cm³/mol. The second-order valence-corrected chi connectivity index (χ2v) is 5.64. The van der Waals surface area contributed by atoms with Crippen LogP contribution in [0.2, 0.25) is 0 Å². The first-order valence-corrected chi connectivity index (χ1v) is 7.42. The van der Waals surface area contributed by atoms with E-state index in [2.05, 4.69) is 0 Å². The van der Waals surface area contributed by atoms with Gasteiger partial charge in [0, 0.05) is 25.7 Å². The summed E-state index contributed by atoms with van der Waals surface area (Å²) >= 11 is 0. The average Bonchev–Trinajstić information content (AvgIpc) is 2.39. The van der Waals surface area contributed by atoms with Gasteiger partial charge in [-0.2, -0.15) is 0 Å². The average molecular weight is 333 g/mol. The van der Waals surface area contributed by atoms with Crippen molar-refractivity contribution >= 4 is 17.9 Å². The van der Waals surface area contributed by atoms with Crippen molar-refractivity contribution in [3.63, 3.8) is 0 Å². The summed E-state index contributed by atoms with van der Waals surface area (Å²) < 4.78 is 0. The van der Waals surface area contributed by atoms with Crippen LogP contribution in [0, 0.1) is 0 Å². The highest BCUT2D eigenvalue weighted by Gasteiger charge is 2.25. The van der Waals surface area contributed by atoms with Crippen molar-refractivity contribution in [2.75, 3.05) is 53.4 Å². The summed E-state index contributed by atoms with van der Waals surface area (Å²) in [5.74, 6) is -3.08. The summed E-state index contributed by atoms with van der Waals surface area (Å²) in [4.78, 5) is 38.1. The van der Waals surface area contributed by atoms with Crippen LogP contribution in [0.3, 0.4) is 0 Å². The molecule has 0 aliphatic rings. The van der Waals surface area contributed by atoms with Gasteiger partial charge < -0.3 is 20.2 Å². The minimum absolute atomic E-state index is 0.188. The molecular formula is C14H27N3O6. The molecule has 0 saturated carbocycles. The first-order chi connectivity index (χ1) is 10.6. The van der Waals surface area contributed by atoms with E-state index in [0.717, 1.165) is 0 Å². The zero-order valence-corrected chi connectivity index (χ0v) is 13.9. The number of carboxylic acids is 3. The molecule has 1 unspecified atom stereocenters. The van der Waals surface area contributed by atoms with Crippen molar-refractivity contribution in [1.29, 1.82) is 0 Å². The maximum Gasteiger partial charge on any atom is 0.317 e. The molecule has 0 amide bonds. The fourth-order valence-electron chi connectivity index (χ4n) is 2.25. The second kappa shape index (κ2) is 10.9. The van der Waals surface area contributed by atoms with Gasteiger partial charge in [0.05, 0.1) is 19.5 Å². The second-order valence-electron chi connectivity index (χ2n) is 5.64. The quantitative estimate of drug-likeness (QED) is 0.397. The van der Waals surface area contributed by atoms with Crippen LogP contribution in [-0.4, -0.2) is 107 Å². The van der Waals surface area contributed by atoms with Gasteiger partial charge in [0.15, 0.2) is 0 Å². The van der Waals surface area contributed by atoms with Gasteiger partial charge in [0.1, 0.15) is 0 Å². The van der Waals surface area contributed by atoms with Gasteiger partial charge in [0.2, 0.25) is 0 Å². The van der Waals surface area contributed by atoms with Crippen LogP contribution in [0.5, 0.6) is 0 Å². The summed E-state index contributed by atoms with van der Waals surface area (Å²) in [5, 5.41) is 27.0. The van der Waals surface area contributed by atoms with Crippen molar-refractivity contribution in [1.82, 2.24) is 14.7 Å². The maximum atomic E-state index is 11.1. The molecule has 134 valence electrons. The molecule has 0 aliphatic carbocycles. The molecule has 0 saturated heterocycles. The van der Waals surface area contributed by atoms with Gasteiger partial charge in [0.25, 0.3) is 0 Å². The summed E-state index contributed by atoms with van der Waals surface area (Å²) in [5.41, 5.74) is 0. The van der Waals surface area contributed by atoms with E-state index in [1.807, 2.05) is 19.0 Å². The third kappa shape index (κ3) is 10.6. The molecule has 0 spiro atoms. The Morgan fingerprint density at radius 1 is 0.913 bits per heavy atom. The molecule has 0 bridgehead atoms. The Hall–Kier alpha value is -1.71. The Balaban J connectivity index is 5.04. The van der Waals surface area contributed by atoms with Gasteiger partial charge in [-0.05, 0) is 20.6 Å². The molecule has 0 aromatic rings. The fraction of sp³-hybridized carbons (Fsp3) is 0.786. The van der Waals surface area contributed by atoms with Gasteiger partial charge in [-0.1, -0.05) is 6.92 Å². The van der Waals surface area contributed by atoms with E-state index in [-0.39, 0.29) is 26.1 Å². The van der Waals surface area contributed by atoms with E-state index in [1.165, 1.54) is 0 Å². The highest BCUT2D eigenvalue weighted by atomic mass is 16.4. The lowest BCUT2D eigenvalue weighted by Gasteiger charge is -2.33. The third-order valence-electron chi connectivity index (χ3n) is 3.36. The Morgan fingerprint density at radius 2 is 1.48 bits per heavy atom. The smallest absolute Gasteiger partial charge is 0.317 e. The van der Waals surface area contributed by atoms with E-state index in [9.17, 15) is 14.4 Å². The van der Waals surface area contributed by atoms with Gasteiger partial charge in [-0.15, -0.1) is 0 Å². The van der Waals surface area contributed by atoms with E-state index in [1.54, 1.807) is 16.7 Å². The van der Waals surface area contributed by atoms with E-state index in [0.29, 0.717) is 19.6 Å². The Bertz CT molecular complexity index is 402. The molecule has 0 fully saturated rings. The summed E-state index contributed by atoms with van der Waals surface area (Å²) in [6.45, 7) is 2.90. The number of nitrogens with zero attached hydrogens (tertiary/aromatic N) is 3. The van der Waals surface area contributed by atoms with Crippen LogP contribution in [0.25, 0.3) is 0 Å². The summed E-state index contributed by atoms with van der Waals surface area (Å²) in [6.07, 6.45) is -0.237. The molecule has 1 atom stereocenters. The minimum atomic E-state index is -1.04. The van der Waals surface area contributed by atoms with Crippen LogP contribution in [0.1, 0.15) is 13.3 Å². The van der Waals surface area contributed by atoms with Crippen LogP contribution < -0.4 is 0 Å². The van der Waals surface area contributed by atoms with Crippen molar-refractivity contribution in [3.05, 3.63) is 0 Å². The summed E-state index contributed by atoms with van der Waals surface area (Å²) in [6, 6.07) is -0.560. The van der Waals surface area contributed by atoms with E-state index >= 15 is 0 Å². The highest BCUT2D eigenvalue weighted by molar-refractivity contribution is 5.70. The SMILES string of the molecule is CCN(CC(=O)O)C(CC(=O)O)CN(CCN(C)C)CC(=O)O. The van der Waals surface area contributed by atoms with Crippen LogP contribution in [-0.2, 0) is 14.4 Å². The number of likely N-dealkylation sites (N-methyl/N-ethyl adjacent to an activating group) is 2. The van der Waals surface area contributed by atoms with Crippen molar-refractivity contribution < 1.29 is 29.7 Å². The third-order valence-corrected chi connectivity index (χ3v) is 3.36. The van der Waals surface area contributed by atoms with Gasteiger partial charge in [-0.25, -0.2) is 0 Å². The Labute approximate surface area is 136 Å². The molecule has 0 radical (unpaired) electrons. The van der Waals surface area contributed by atoms with Crippen molar-refractivity contribution in [2.24, 2.45) is 0 Å². The number of hydrogen-bond acceptors (Lipinski definition) is 6. The molecule has 9 heteroatoms. The number of carbonyl (C=O) groups is 3. The lowest BCUT2D eigenvalue weighted by Crippen LogP contribution is -2.49. The predicted octanol–water partition coefficient (Wildman–Crippen LogP) is -0.816. The standard InChI is InChI=1S/C14H27N3O6/c1-4-17(10-14(22)23)11(7-12(18)19)8-16(9-13(20)21)6-5-15(2)3/h11H,4-10H2,1-3H3,(H,18,19)(H,20,21)(H,22,23). The van der Waals surface area contributed by atoms with E-state index in [4.69, 9.17) is 15.3 Å². The monoisotopic (exact) mass is 333 g/mol.